The van der Waals surface area contributed by atoms with Gasteiger partial charge in [0.1, 0.15) is 67.1 Å². The van der Waals surface area contributed by atoms with Gasteiger partial charge in [-0.05, 0) is 99.7 Å². The monoisotopic (exact) mass is 900 g/mol. The van der Waals surface area contributed by atoms with Gasteiger partial charge >= 0.3 is 0 Å². The fourth-order valence-corrected chi connectivity index (χ4v) is 14.2. The van der Waals surface area contributed by atoms with E-state index in [9.17, 15) is 51.1 Å². The Kier molecular flexibility index (Phi) is 13.1. The van der Waals surface area contributed by atoms with Crippen LogP contribution in [0.25, 0.3) is 0 Å². The number of ether oxygens (including phenoxy) is 8. The van der Waals surface area contributed by atoms with Gasteiger partial charge in [-0.3, -0.25) is 0 Å². The van der Waals surface area contributed by atoms with E-state index < -0.39 is 117 Å². The Morgan fingerprint density at radius 2 is 1.33 bits per heavy atom. The first-order valence-corrected chi connectivity index (χ1v) is 23.5. The normalized spacial score (nSPS) is 58.1. The van der Waals surface area contributed by atoms with Gasteiger partial charge in [0, 0.05) is 18.4 Å². The maximum absolute atomic E-state index is 12.0. The Hall–Kier alpha value is -0.980. The van der Waals surface area contributed by atoms with Gasteiger partial charge in [-0.1, -0.05) is 32.4 Å². The zero-order chi connectivity index (χ0) is 45.1. The summed E-state index contributed by atoms with van der Waals surface area (Å²) in [5.74, 6) is 0.465. The van der Waals surface area contributed by atoms with Gasteiger partial charge in [0.2, 0.25) is 0 Å². The second kappa shape index (κ2) is 17.5. The number of aliphatic hydroxyl groups is 10. The Labute approximate surface area is 368 Å². The van der Waals surface area contributed by atoms with Gasteiger partial charge in [-0.25, -0.2) is 0 Å². The maximum atomic E-state index is 12.0. The van der Waals surface area contributed by atoms with Crippen molar-refractivity contribution in [1.82, 2.24) is 0 Å². The minimum Gasteiger partial charge on any atom is -0.396 e. The van der Waals surface area contributed by atoms with Crippen molar-refractivity contribution in [1.29, 1.82) is 0 Å². The van der Waals surface area contributed by atoms with Crippen molar-refractivity contribution in [2.45, 2.75) is 202 Å². The zero-order valence-electron chi connectivity index (χ0n) is 37.0. The average Bonchev–Trinajstić information content (AvgIpc) is 3.72. The molecule has 27 atom stereocenters. The molecule has 0 unspecified atom stereocenters. The van der Waals surface area contributed by atoms with Crippen molar-refractivity contribution >= 4 is 0 Å². The third-order valence-corrected chi connectivity index (χ3v) is 17.8. The second-order valence-electron chi connectivity index (χ2n) is 21.1. The third kappa shape index (κ3) is 7.62. The molecule has 8 fully saturated rings. The van der Waals surface area contributed by atoms with Crippen LogP contribution in [0.2, 0.25) is 0 Å². The highest BCUT2D eigenvalue weighted by Crippen LogP contribution is 2.70. The van der Waals surface area contributed by atoms with E-state index in [2.05, 4.69) is 26.8 Å². The van der Waals surface area contributed by atoms with Crippen LogP contribution >= 0.6 is 0 Å². The summed E-state index contributed by atoms with van der Waals surface area (Å²) in [7, 11) is 0. The smallest absolute Gasteiger partial charge is 0.197 e. The lowest BCUT2D eigenvalue weighted by molar-refractivity contribution is -0.388. The lowest BCUT2D eigenvalue weighted by Gasteiger charge is -2.59. The van der Waals surface area contributed by atoms with E-state index in [0.29, 0.717) is 43.6 Å². The van der Waals surface area contributed by atoms with E-state index in [-0.39, 0.29) is 41.3 Å². The summed E-state index contributed by atoms with van der Waals surface area (Å²) in [6.07, 6.45) is -14.1. The van der Waals surface area contributed by atoms with Crippen molar-refractivity contribution in [3.8, 4) is 0 Å². The molecule has 9 rings (SSSR count). The first kappa shape index (κ1) is 47.1. The topological polar surface area (TPSA) is 276 Å². The van der Waals surface area contributed by atoms with Crippen molar-refractivity contribution in [3.63, 3.8) is 0 Å². The molecule has 0 aromatic heterocycles. The average molecular weight is 901 g/mol. The molecule has 9 aliphatic rings. The van der Waals surface area contributed by atoms with Crippen LogP contribution in [0, 0.1) is 46.3 Å². The fraction of sp³-hybridized carbons (Fsp3) is 0.956. The lowest BCUT2D eigenvalue weighted by Crippen LogP contribution is -2.66. The summed E-state index contributed by atoms with van der Waals surface area (Å²) in [4.78, 5) is 0. The Morgan fingerprint density at radius 3 is 1.95 bits per heavy atom. The van der Waals surface area contributed by atoms with E-state index in [1.807, 2.05) is 0 Å². The maximum Gasteiger partial charge on any atom is 0.197 e. The lowest BCUT2D eigenvalue weighted by atomic mass is 9.47. The molecular weight excluding hydrogens is 828 g/mol. The molecule has 1 spiro atoms. The van der Waals surface area contributed by atoms with Crippen LogP contribution in [0.15, 0.2) is 11.6 Å². The molecule has 0 aromatic rings. The van der Waals surface area contributed by atoms with Crippen LogP contribution in [0.3, 0.4) is 0 Å². The quantitative estimate of drug-likeness (QED) is 0.133. The van der Waals surface area contributed by atoms with E-state index in [0.717, 1.165) is 32.1 Å². The van der Waals surface area contributed by atoms with Gasteiger partial charge < -0.3 is 89.0 Å². The minimum atomic E-state index is -1.73. The molecule has 18 nitrogen and oxygen atoms in total. The molecule has 5 aliphatic heterocycles. The SMILES string of the molecule is C[C@H]1O[C@@H](O[C@H]2[C@H](O[C@H]3CC[C@@]4(C)C(=CC[C@@H]5[C@H]6C[C@@H]7O[C@@]8(OC[C@H](CO)C[C@@H]8O)[C@@H](C)[C@@H]7[C@@]6(C)CC[C@@H]54)C3)O[C@H](CO)[C@@H](O[C@@H]3O[C@H](C)[C@@H](O)[C@H](O)[C@H]3O)[C@@H]2O)[C@H](O)[C@@H](O)[C@@H]1O. The van der Waals surface area contributed by atoms with Gasteiger partial charge in [0.05, 0.1) is 37.6 Å². The summed E-state index contributed by atoms with van der Waals surface area (Å²) < 4.78 is 49.7. The molecule has 10 N–H and O–H groups in total. The Morgan fingerprint density at radius 1 is 0.683 bits per heavy atom. The van der Waals surface area contributed by atoms with Gasteiger partial charge in [0.15, 0.2) is 24.7 Å². The standard InChI is InChI=1S/C45H72O18/c1-18-30-27(63-45(18)29(48)12-21(15-46)17-56-45)14-26-24-7-6-22-13-23(8-10-43(22,4)25(24)9-11-44(26,30)5)59-42-39(62-41-36(54)34(52)32(50)20(3)58-41)37(55)38(28(16-47)60-42)61-40-35(53)33(51)31(49)19(2)57-40/h6,18-21,23-42,46-55H,7-17H2,1-5H3/t18-,19+,20+,21-,23-,24-,25-,26+,27-,28+,29-,30-,31+,32+,33-,34-,35+,36+,37-,38+,39+,40-,41-,42+,43-,44-,45-/m0/s1. The van der Waals surface area contributed by atoms with Crippen LogP contribution in [0.4, 0.5) is 0 Å². The molecular formula is C45H72O18. The summed E-state index contributed by atoms with van der Waals surface area (Å²) in [5.41, 5.74) is 1.23. The predicted octanol–water partition coefficient (Wildman–Crippen LogP) is -0.815. The predicted molar refractivity (Wildman–Crippen MR) is 216 cm³/mol. The van der Waals surface area contributed by atoms with Crippen LogP contribution in [0.5, 0.6) is 0 Å². The largest absolute Gasteiger partial charge is 0.396 e. The molecule has 0 radical (unpaired) electrons. The van der Waals surface area contributed by atoms with Gasteiger partial charge in [-0.15, -0.1) is 0 Å². The van der Waals surface area contributed by atoms with E-state index in [1.165, 1.54) is 19.4 Å². The molecule has 360 valence electrons. The van der Waals surface area contributed by atoms with Crippen molar-refractivity contribution in [3.05, 3.63) is 11.6 Å². The second-order valence-corrected chi connectivity index (χ2v) is 21.1. The van der Waals surface area contributed by atoms with E-state index in [1.54, 1.807) is 0 Å². The van der Waals surface area contributed by atoms with Crippen molar-refractivity contribution in [2.24, 2.45) is 46.3 Å². The Balaban J connectivity index is 0.913. The number of aliphatic hydroxyl groups excluding tert-OH is 10. The van der Waals surface area contributed by atoms with Crippen LogP contribution in [0.1, 0.15) is 86.0 Å². The highest BCUT2D eigenvalue weighted by atomic mass is 16.8. The number of allylic oxidation sites excluding steroid dienone is 1. The summed E-state index contributed by atoms with van der Waals surface area (Å²) in [6.45, 7) is 9.66. The first-order chi connectivity index (χ1) is 29.9. The van der Waals surface area contributed by atoms with Crippen LogP contribution in [-0.2, 0) is 37.9 Å². The molecule has 0 aromatic carbocycles. The van der Waals surface area contributed by atoms with Crippen molar-refractivity contribution < 1.29 is 89.0 Å². The Bertz CT molecular complexity index is 1660. The van der Waals surface area contributed by atoms with Crippen LogP contribution in [-0.4, -0.2) is 187 Å². The minimum absolute atomic E-state index is 0.00738. The van der Waals surface area contributed by atoms with Crippen molar-refractivity contribution in [2.75, 3.05) is 19.8 Å². The molecule has 5 saturated heterocycles. The molecule has 0 bridgehead atoms. The van der Waals surface area contributed by atoms with E-state index in [4.69, 9.17) is 37.9 Å². The number of fused-ring (bicyclic) bond motifs is 7. The molecule has 18 heteroatoms. The van der Waals surface area contributed by atoms with E-state index >= 15 is 0 Å². The summed E-state index contributed by atoms with van der Waals surface area (Å²) >= 11 is 0. The zero-order valence-corrected chi connectivity index (χ0v) is 37.0. The molecule has 3 saturated carbocycles. The molecule has 63 heavy (non-hydrogen) atoms. The highest BCUT2D eigenvalue weighted by molar-refractivity contribution is 5.26. The summed E-state index contributed by atoms with van der Waals surface area (Å²) in [5, 5.41) is 107. The third-order valence-electron chi connectivity index (χ3n) is 17.8. The first-order valence-electron chi connectivity index (χ1n) is 23.5. The van der Waals surface area contributed by atoms with Crippen LogP contribution < -0.4 is 0 Å². The number of rotatable bonds is 8. The van der Waals surface area contributed by atoms with Gasteiger partial charge in [0.25, 0.3) is 0 Å². The summed E-state index contributed by atoms with van der Waals surface area (Å²) in [6, 6.07) is 0. The molecule has 0 amide bonds. The number of hydrogen-bond donors (Lipinski definition) is 10. The highest BCUT2D eigenvalue weighted by Gasteiger charge is 2.70. The van der Waals surface area contributed by atoms with Gasteiger partial charge in [-0.2, -0.15) is 0 Å². The number of hydrogen-bond acceptors (Lipinski definition) is 18. The fourth-order valence-electron chi connectivity index (χ4n) is 14.2. The molecule has 4 aliphatic carbocycles. The molecule has 5 heterocycles.